The highest BCUT2D eigenvalue weighted by Gasteiger charge is 2.11. The van der Waals surface area contributed by atoms with Crippen molar-refractivity contribution in [2.75, 3.05) is 13.7 Å². The lowest BCUT2D eigenvalue weighted by molar-refractivity contribution is -0.117. The van der Waals surface area contributed by atoms with Gasteiger partial charge in [-0.3, -0.25) is 4.79 Å². The number of hydrogen-bond donors (Lipinski definition) is 2. The molecule has 112 valence electrons. The van der Waals surface area contributed by atoms with Crippen LogP contribution in [0.2, 0.25) is 0 Å². The summed E-state index contributed by atoms with van der Waals surface area (Å²) in [7, 11) is 1.43. The first-order valence-corrected chi connectivity index (χ1v) is 7.29. The Labute approximate surface area is 132 Å². The van der Waals surface area contributed by atoms with Crippen molar-refractivity contribution in [1.82, 2.24) is 5.32 Å². The van der Waals surface area contributed by atoms with Gasteiger partial charge in [0.1, 0.15) is 11.6 Å². The van der Waals surface area contributed by atoms with Crippen molar-refractivity contribution in [3.63, 3.8) is 0 Å². The third-order valence-electron chi connectivity index (χ3n) is 2.76. The van der Waals surface area contributed by atoms with E-state index >= 15 is 0 Å². The maximum Gasteiger partial charge on any atom is 0.261 e. The lowest BCUT2D eigenvalue weighted by atomic mass is 10.1. The fourth-order valence-electron chi connectivity index (χ4n) is 1.62. The second kappa shape index (κ2) is 8.32. The van der Waals surface area contributed by atoms with Gasteiger partial charge in [-0.05, 0) is 46.1 Å². The summed E-state index contributed by atoms with van der Waals surface area (Å²) in [6.07, 6.45) is 3.28. The second-order valence-corrected chi connectivity index (χ2v) is 5.19. The average Bonchev–Trinajstić information content (AvgIpc) is 2.48. The van der Waals surface area contributed by atoms with Crippen molar-refractivity contribution in [1.29, 1.82) is 5.26 Å². The zero-order chi connectivity index (χ0) is 15.8. The van der Waals surface area contributed by atoms with Crippen LogP contribution in [0.15, 0.2) is 22.2 Å². The smallest absolute Gasteiger partial charge is 0.261 e. The molecule has 0 bridgehead atoms. The molecule has 1 aromatic rings. The number of carbonyl (C=O) groups is 1. The lowest BCUT2D eigenvalue weighted by Gasteiger charge is -2.07. The molecule has 6 heteroatoms. The Hall–Kier alpha value is -2.00. The van der Waals surface area contributed by atoms with Gasteiger partial charge in [0.05, 0.1) is 11.6 Å². The van der Waals surface area contributed by atoms with Crippen LogP contribution in [0.5, 0.6) is 11.5 Å². The molecule has 0 saturated carbocycles. The normalized spacial score (nSPS) is 10.9. The number of amides is 1. The van der Waals surface area contributed by atoms with E-state index in [0.717, 1.165) is 12.8 Å². The number of aromatic hydroxyl groups is 1. The highest BCUT2D eigenvalue weighted by Crippen LogP contribution is 2.35. The summed E-state index contributed by atoms with van der Waals surface area (Å²) in [4.78, 5) is 11.9. The van der Waals surface area contributed by atoms with Crippen LogP contribution in [0.4, 0.5) is 0 Å². The highest BCUT2D eigenvalue weighted by atomic mass is 79.9. The summed E-state index contributed by atoms with van der Waals surface area (Å²) in [6.45, 7) is 2.56. The fraction of sp³-hybridized carbons (Fsp3) is 0.333. The summed E-state index contributed by atoms with van der Waals surface area (Å²) >= 11 is 3.20. The predicted octanol–water partition coefficient (Wildman–Crippen LogP) is 2.99. The quantitative estimate of drug-likeness (QED) is 0.468. The number of ether oxygens (including phenoxy) is 1. The van der Waals surface area contributed by atoms with E-state index in [0.29, 0.717) is 16.6 Å². The molecule has 0 unspecified atom stereocenters. The summed E-state index contributed by atoms with van der Waals surface area (Å²) in [6, 6.07) is 5.04. The summed E-state index contributed by atoms with van der Waals surface area (Å²) in [5.74, 6) is -0.172. The zero-order valence-corrected chi connectivity index (χ0v) is 13.5. The van der Waals surface area contributed by atoms with Gasteiger partial charge in [0, 0.05) is 6.54 Å². The third-order valence-corrected chi connectivity index (χ3v) is 3.37. The summed E-state index contributed by atoms with van der Waals surface area (Å²) in [5, 5.41) is 21.5. The van der Waals surface area contributed by atoms with Crippen molar-refractivity contribution >= 4 is 27.9 Å². The Morgan fingerprint density at radius 2 is 2.29 bits per heavy atom. The van der Waals surface area contributed by atoms with E-state index in [-0.39, 0.29) is 17.1 Å². The van der Waals surface area contributed by atoms with Gasteiger partial charge >= 0.3 is 0 Å². The molecule has 0 radical (unpaired) electrons. The van der Waals surface area contributed by atoms with Crippen molar-refractivity contribution in [2.24, 2.45) is 0 Å². The van der Waals surface area contributed by atoms with Gasteiger partial charge in [0.2, 0.25) is 0 Å². The molecule has 0 saturated heterocycles. The highest BCUT2D eigenvalue weighted by molar-refractivity contribution is 9.10. The lowest BCUT2D eigenvalue weighted by Crippen LogP contribution is -2.25. The molecule has 2 N–H and O–H groups in total. The first-order valence-electron chi connectivity index (χ1n) is 6.50. The van der Waals surface area contributed by atoms with E-state index in [2.05, 4.69) is 21.2 Å². The average molecular weight is 353 g/mol. The van der Waals surface area contributed by atoms with Crippen LogP contribution < -0.4 is 10.1 Å². The largest absolute Gasteiger partial charge is 0.503 e. The molecule has 0 atom stereocenters. The fourth-order valence-corrected chi connectivity index (χ4v) is 2.08. The van der Waals surface area contributed by atoms with Crippen molar-refractivity contribution in [2.45, 2.75) is 19.8 Å². The number of carbonyl (C=O) groups excluding carboxylic acids is 1. The molecule has 0 aromatic heterocycles. The number of methoxy groups -OCH3 is 1. The molecule has 0 aliphatic heterocycles. The topological polar surface area (TPSA) is 82.4 Å². The van der Waals surface area contributed by atoms with Gasteiger partial charge in [-0.2, -0.15) is 5.26 Å². The Kier molecular flexibility index (Phi) is 6.76. The summed E-state index contributed by atoms with van der Waals surface area (Å²) in [5.41, 5.74) is 0.587. The zero-order valence-electron chi connectivity index (χ0n) is 11.9. The molecule has 1 aromatic carbocycles. The molecule has 1 amide bonds. The first kappa shape index (κ1) is 17.1. The number of phenols is 1. The molecule has 0 fully saturated rings. The number of rotatable bonds is 6. The van der Waals surface area contributed by atoms with Crippen molar-refractivity contribution in [3.8, 4) is 17.6 Å². The van der Waals surface area contributed by atoms with E-state index in [4.69, 9.17) is 10.00 Å². The number of nitriles is 1. The number of halogens is 1. The van der Waals surface area contributed by atoms with Crippen LogP contribution in [-0.4, -0.2) is 24.7 Å². The van der Waals surface area contributed by atoms with Gasteiger partial charge in [0.15, 0.2) is 11.5 Å². The van der Waals surface area contributed by atoms with Crippen LogP contribution in [-0.2, 0) is 4.79 Å². The molecule has 21 heavy (non-hydrogen) atoms. The number of benzene rings is 1. The predicted molar refractivity (Wildman–Crippen MR) is 83.9 cm³/mol. The Morgan fingerprint density at radius 1 is 1.57 bits per heavy atom. The molecule has 1 rings (SSSR count). The third kappa shape index (κ3) is 4.80. The standard InChI is InChI=1S/C15H17BrN2O3/c1-3-4-5-18-15(20)11(9-17)6-10-7-12(16)14(19)13(8-10)21-2/h6-8,19H,3-5H2,1-2H3,(H,18,20)/b11-6+. The number of unbranched alkanes of at least 4 members (excludes halogenated alkanes) is 1. The minimum atomic E-state index is -0.408. The summed E-state index contributed by atoms with van der Waals surface area (Å²) < 4.78 is 5.46. The number of nitrogens with zero attached hydrogens (tertiary/aromatic N) is 1. The molecular weight excluding hydrogens is 336 g/mol. The maximum absolute atomic E-state index is 11.9. The minimum absolute atomic E-state index is 0.00532. The Balaban J connectivity index is 3.01. The van der Waals surface area contributed by atoms with Gasteiger partial charge in [-0.15, -0.1) is 0 Å². The van der Waals surface area contributed by atoms with Crippen molar-refractivity contribution < 1.29 is 14.6 Å². The minimum Gasteiger partial charge on any atom is -0.503 e. The van der Waals surface area contributed by atoms with Crippen LogP contribution in [0.25, 0.3) is 6.08 Å². The number of phenolic OH excluding ortho intramolecular Hbond substituents is 1. The Bertz CT molecular complexity index is 591. The number of nitrogens with one attached hydrogen (secondary N) is 1. The molecule has 0 spiro atoms. The van der Waals surface area contributed by atoms with E-state index in [1.165, 1.54) is 13.2 Å². The van der Waals surface area contributed by atoms with Crippen LogP contribution in [0.1, 0.15) is 25.3 Å². The molecule has 0 heterocycles. The van der Waals surface area contributed by atoms with Gasteiger partial charge in [-0.25, -0.2) is 0 Å². The van der Waals surface area contributed by atoms with Crippen molar-refractivity contribution in [3.05, 3.63) is 27.7 Å². The van der Waals surface area contributed by atoms with Gasteiger partial charge < -0.3 is 15.2 Å². The monoisotopic (exact) mass is 352 g/mol. The van der Waals surface area contributed by atoms with Crippen LogP contribution in [0, 0.1) is 11.3 Å². The maximum atomic E-state index is 11.9. The molecule has 0 aliphatic carbocycles. The van der Waals surface area contributed by atoms with E-state index < -0.39 is 5.91 Å². The first-order chi connectivity index (χ1) is 10.0. The van der Waals surface area contributed by atoms with Crippen LogP contribution in [0.3, 0.4) is 0 Å². The molecule has 5 nitrogen and oxygen atoms in total. The SMILES string of the molecule is CCCCNC(=O)/C(C#N)=C/c1cc(Br)c(O)c(OC)c1. The van der Waals surface area contributed by atoms with Gasteiger partial charge in [0.25, 0.3) is 5.91 Å². The Morgan fingerprint density at radius 3 is 2.86 bits per heavy atom. The number of hydrogen-bond acceptors (Lipinski definition) is 4. The van der Waals surface area contributed by atoms with E-state index in [9.17, 15) is 9.90 Å². The van der Waals surface area contributed by atoms with Gasteiger partial charge in [-0.1, -0.05) is 13.3 Å². The van der Waals surface area contributed by atoms with E-state index in [1.807, 2.05) is 13.0 Å². The van der Waals surface area contributed by atoms with Crippen LogP contribution >= 0.6 is 15.9 Å². The molecular formula is C15H17BrN2O3. The molecule has 0 aliphatic rings. The van der Waals surface area contributed by atoms with E-state index in [1.54, 1.807) is 12.1 Å². The second-order valence-electron chi connectivity index (χ2n) is 4.33.